The van der Waals surface area contributed by atoms with Crippen LogP contribution < -0.4 is 10.1 Å². The maximum atomic E-state index is 14.7. The van der Waals surface area contributed by atoms with Crippen LogP contribution in [0.4, 0.5) is 0 Å². The van der Waals surface area contributed by atoms with Gasteiger partial charge in [-0.25, -0.2) is 4.79 Å². The van der Waals surface area contributed by atoms with Crippen LogP contribution >= 0.6 is 11.8 Å². The number of rotatable bonds is 7. The second-order valence-corrected chi connectivity index (χ2v) is 20.6. The molecule has 13 nitrogen and oxygen atoms in total. The molecule has 0 aromatic heterocycles. The van der Waals surface area contributed by atoms with E-state index in [0.29, 0.717) is 55.7 Å². The molecule has 4 amide bonds. The molecule has 4 rings (SSSR count). The van der Waals surface area contributed by atoms with Crippen LogP contribution in [-0.2, 0) is 35.1 Å². The summed E-state index contributed by atoms with van der Waals surface area (Å²) in [6.07, 6.45) is 4.29. The number of benzene rings is 1. The molecule has 3 aliphatic rings. The van der Waals surface area contributed by atoms with E-state index in [1.54, 1.807) is 62.9 Å². The molecule has 1 saturated heterocycles. The summed E-state index contributed by atoms with van der Waals surface area (Å²) in [4.78, 5) is 81.0. The summed E-state index contributed by atoms with van der Waals surface area (Å²) < 4.78 is 11.8. The quantitative estimate of drug-likeness (QED) is 0.300. The highest BCUT2D eigenvalue weighted by Gasteiger charge is 2.44. The Kier molecular flexibility index (Phi) is 18.1. The smallest absolute Gasteiger partial charge is 0.329 e. The molecule has 2 N–H and O–H groups in total. The van der Waals surface area contributed by atoms with Crippen LogP contribution in [0.2, 0.25) is 0 Å². The van der Waals surface area contributed by atoms with E-state index in [0.717, 1.165) is 17.0 Å². The summed E-state index contributed by atoms with van der Waals surface area (Å²) in [5, 5.41) is 15.3. The van der Waals surface area contributed by atoms with Gasteiger partial charge in [-0.05, 0) is 86.8 Å². The van der Waals surface area contributed by atoms with Crippen molar-refractivity contribution in [1.29, 1.82) is 0 Å². The Bertz CT molecular complexity index is 1800. The highest BCUT2D eigenvalue weighted by Crippen LogP contribution is 2.34. The lowest BCUT2D eigenvalue weighted by Crippen LogP contribution is -2.59. The average Bonchev–Trinajstić information content (AvgIpc) is 3.91. The number of carbonyl (C=O) groups is 5. The van der Waals surface area contributed by atoms with E-state index in [4.69, 9.17) is 14.5 Å². The zero-order valence-electron chi connectivity index (χ0n) is 39.6. The number of fused-ring (bicyclic) bond motifs is 2. The Morgan fingerprint density at radius 1 is 0.968 bits per heavy atom. The third kappa shape index (κ3) is 13.1. The predicted octanol–water partition coefficient (Wildman–Crippen LogP) is 6.30. The molecule has 0 aliphatic carbocycles. The van der Waals surface area contributed by atoms with Crippen molar-refractivity contribution in [3.8, 4) is 5.75 Å². The minimum absolute atomic E-state index is 0.000217. The van der Waals surface area contributed by atoms with Gasteiger partial charge in [0.15, 0.2) is 0 Å². The summed E-state index contributed by atoms with van der Waals surface area (Å²) >= 11 is 1.57. The normalized spacial score (nSPS) is 31.2. The van der Waals surface area contributed by atoms with Gasteiger partial charge in [0.2, 0.25) is 23.6 Å². The maximum absolute atomic E-state index is 14.7. The first-order valence-electron chi connectivity index (χ1n) is 22.6. The fourth-order valence-corrected chi connectivity index (χ4v) is 10.2. The molecule has 346 valence electrons. The van der Waals surface area contributed by atoms with Gasteiger partial charge < -0.3 is 34.6 Å². The van der Waals surface area contributed by atoms with Crippen LogP contribution in [0.25, 0.3) is 0 Å². The van der Waals surface area contributed by atoms with Crippen LogP contribution in [0.5, 0.6) is 5.75 Å². The number of thioether (sulfide) groups is 1. The van der Waals surface area contributed by atoms with Gasteiger partial charge >= 0.3 is 5.97 Å². The molecular weight excluding hydrogens is 807 g/mol. The number of esters is 1. The number of likely N-dealkylation sites (N-methyl/N-ethyl adjacent to an activating group) is 2. The molecule has 11 atom stereocenters. The lowest BCUT2D eigenvalue weighted by Gasteiger charge is -2.39. The number of hydrogen-bond acceptors (Lipinski definition) is 10. The van der Waals surface area contributed by atoms with Gasteiger partial charge in [-0.2, -0.15) is 0 Å². The molecular formula is C48H75N5O8S. The molecule has 1 aromatic carbocycles. The second kappa shape index (κ2) is 22.1. The van der Waals surface area contributed by atoms with Crippen molar-refractivity contribution in [2.24, 2.45) is 34.1 Å². The molecule has 1 fully saturated rings. The molecule has 0 saturated carbocycles. The van der Waals surface area contributed by atoms with Crippen molar-refractivity contribution in [3.63, 3.8) is 0 Å². The number of cyclic esters (lactones) is 1. The number of nitrogens with one attached hydrogen (secondary N) is 1. The summed E-state index contributed by atoms with van der Waals surface area (Å²) in [5.41, 5.74) is 1.15. The van der Waals surface area contributed by atoms with Crippen LogP contribution in [0.15, 0.2) is 40.9 Å². The first-order valence-corrected chi connectivity index (χ1v) is 23.6. The largest absolute Gasteiger partial charge is 0.497 e. The van der Waals surface area contributed by atoms with Crippen molar-refractivity contribution in [3.05, 3.63) is 41.5 Å². The van der Waals surface area contributed by atoms with Gasteiger partial charge in [0, 0.05) is 44.3 Å². The van der Waals surface area contributed by atoms with Gasteiger partial charge in [-0.15, -0.1) is 11.8 Å². The third-order valence-corrected chi connectivity index (χ3v) is 14.4. The first kappa shape index (κ1) is 50.7. The number of aliphatic hydroxyl groups is 1. The van der Waals surface area contributed by atoms with Gasteiger partial charge in [0.25, 0.3) is 0 Å². The zero-order valence-corrected chi connectivity index (χ0v) is 40.4. The van der Waals surface area contributed by atoms with E-state index in [1.165, 1.54) is 16.8 Å². The SMILES string of the molecule is CC[C@H](C)[C@H]1C(=O)N2CCC[C@H]2C(=O)O[C@H](C(C)CC(C)(C)C)C[C@@H](C)C[C@H](O)[C@H](C)C2=N[C@@H](/C=C(\C)C(=O)N[C@@H](Cc3ccc(OC)cc3)C(=O)N(C)[C@@H](C)C(=O)N1C)CS2. The predicted molar refractivity (Wildman–Crippen MR) is 246 cm³/mol. The number of hydrogen-bond donors (Lipinski definition) is 2. The Morgan fingerprint density at radius 2 is 1.63 bits per heavy atom. The molecule has 14 heteroatoms. The monoisotopic (exact) mass is 882 g/mol. The molecule has 0 radical (unpaired) electrons. The number of amides is 4. The van der Waals surface area contributed by atoms with Gasteiger partial charge in [0.1, 0.15) is 36.0 Å². The Hall–Kier alpha value is -3.91. The number of aliphatic imine (C=N–C) groups is 1. The maximum Gasteiger partial charge on any atom is 0.329 e. The lowest BCUT2D eigenvalue weighted by molar-refractivity contribution is -0.164. The van der Waals surface area contributed by atoms with E-state index in [9.17, 15) is 29.1 Å². The van der Waals surface area contributed by atoms with Crippen molar-refractivity contribution < 1.29 is 38.6 Å². The third-order valence-electron chi connectivity index (χ3n) is 13.1. The number of carbonyl (C=O) groups excluding carboxylic acids is 5. The minimum Gasteiger partial charge on any atom is -0.497 e. The van der Waals surface area contributed by atoms with E-state index < -0.39 is 60.1 Å². The molecule has 3 aliphatic heterocycles. The molecule has 3 heterocycles. The van der Waals surface area contributed by atoms with Crippen LogP contribution in [0.3, 0.4) is 0 Å². The molecule has 1 aromatic rings. The van der Waals surface area contributed by atoms with E-state index in [2.05, 4.69) is 39.9 Å². The molecule has 62 heavy (non-hydrogen) atoms. The Labute approximate surface area is 375 Å². The first-order chi connectivity index (χ1) is 29.1. The highest BCUT2D eigenvalue weighted by atomic mass is 32.2. The standard InChI is InChI=1S/C48H75N5O8S/c1-14-29(3)41-46(58)53-21-15-16-38(53)47(59)61-40(31(5)26-48(8,9)10)23-28(2)22-39(54)32(6)43-49-35(27-62-43)24-30(4)42(55)50-37(25-34-17-19-36(60-13)20-18-34)45(57)51(11)33(7)44(56)52(41)12/h17-20,24,28-29,31-33,35,37-41,54H,14-16,21-23,25-27H2,1-13H3,(H,50,55)/b30-24+/t28-,29-,31?,32-,33-,35-,37-,38-,39-,40-,41-/m0/s1. The van der Waals surface area contributed by atoms with E-state index >= 15 is 0 Å². The van der Waals surface area contributed by atoms with Gasteiger partial charge in [-0.3, -0.25) is 24.2 Å². The second-order valence-electron chi connectivity index (χ2n) is 19.5. The van der Waals surface area contributed by atoms with Crippen molar-refractivity contribution in [2.45, 2.75) is 157 Å². The fourth-order valence-electron chi connectivity index (χ4n) is 9.07. The summed E-state index contributed by atoms with van der Waals surface area (Å²) in [7, 11) is 4.69. The number of aliphatic hydroxyl groups excluding tert-OH is 1. The number of methoxy groups -OCH3 is 1. The summed E-state index contributed by atoms with van der Waals surface area (Å²) in [5.74, 6) is -1.37. The highest BCUT2D eigenvalue weighted by molar-refractivity contribution is 8.14. The number of ether oxygens (including phenoxy) is 2. The Morgan fingerprint density at radius 3 is 2.24 bits per heavy atom. The Balaban J connectivity index is 1.75. The molecule has 0 spiro atoms. The van der Waals surface area contributed by atoms with Crippen molar-refractivity contribution in [2.75, 3.05) is 33.5 Å². The van der Waals surface area contributed by atoms with Crippen LogP contribution in [-0.4, -0.2) is 130 Å². The lowest BCUT2D eigenvalue weighted by atomic mass is 9.80. The fraction of sp³-hybridized carbons (Fsp3) is 0.708. The van der Waals surface area contributed by atoms with Gasteiger partial charge in [0.05, 0.1) is 24.3 Å². The van der Waals surface area contributed by atoms with Gasteiger partial charge in [-0.1, -0.05) is 80.0 Å². The average molecular weight is 882 g/mol. The van der Waals surface area contributed by atoms with Crippen molar-refractivity contribution >= 4 is 46.4 Å². The van der Waals surface area contributed by atoms with Crippen molar-refractivity contribution in [1.82, 2.24) is 20.0 Å². The van der Waals surface area contributed by atoms with Crippen LogP contribution in [0.1, 0.15) is 113 Å². The molecule has 2 bridgehead atoms. The molecule has 1 unspecified atom stereocenters. The topological polar surface area (TPSA) is 158 Å². The van der Waals surface area contributed by atoms with E-state index in [1.807, 2.05) is 32.9 Å². The minimum atomic E-state index is -1.04. The zero-order chi connectivity index (χ0) is 46.2. The van der Waals surface area contributed by atoms with E-state index in [-0.39, 0.29) is 47.5 Å². The number of nitrogens with zero attached hydrogens (tertiary/aromatic N) is 4. The summed E-state index contributed by atoms with van der Waals surface area (Å²) in [6, 6.07) is 3.19. The van der Waals surface area contributed by atoms with Crippen LogP contribution in [0, 0.1) is 29.1 Å². The summed E-state index contributed by atoms with van der Waals surface area (Å²) in [6.45, 7) is 20.2.